The Morgan fingerprint density at radius 3 is 2.90 bits per heavy atom. The number of benzene rings is 1. The Balaban J connectivity index is 1.64. The van der Waals surface area contributed by atoms with Crippen molar-refractivity contribution >= 4 is 11.6 Å². The number of fused-ring (bicyclic) bond motifs is 1. The maximum Gasteiger partial charge on any atom is 0.271 e. The number of hydrogen-bond acceptors (Lipinski definition) is 3. The van der Waals surface area contributed by atoms with Crippen molar-refractivity contribution in [2.75, 3.05) is 6.54 Å². The standard InChI is InChI=1S/C16H16N4O/c1-12-10-18-15-9-14(19-20(15)11-12)16(21)17-8-7-13-5-3-2-4-6-13/h2-6,9-11H,7-8H2,1H3,(H,17,21). The molecular formula is C16H16N4O. The van der Waals surface area contributed by atoms with E-state index in [9.17, 15) is 4.79 Å². The molecule has 3 aromatic rings. The van der Waals surface area contributed by atoms with Crippen molar-refractivity contribution < 1.29 is 4.79 Å². The molecule has 0 spiro atoms. The van der Waals surface area contributed by atoms with Gasteiger partial charge in [-0.2, -0.15) is 5.10 Å². The van der Waals surface area contributed by atoms with Crippen LogP contribution in [-0.4, -0.2) is 27.0 Å². The molecule has 0 radical (unpaired) electrons. The van der Waals surface area contributed by atoms with Gasteiger partial charge in [0.05, 0.1) is 0 Å². The summed E-state index contributed by atoms with van der Waals surface area (Å²) in [6, 6.07) is 11.7. The summed E-state index contributed by atoms with van der Waals surface area (Å²) < 4.78 is 1.63. The molecule has 5 heteroatoms. The Morgan fingerprint density at radius 1 is 1.29 bits per heavy atom. The number of amides is 1. The van der Waals surface area contributed by atoms with E-state index < -0.39 is 0 Å². The molecule has 0 atom stereocenters. The van der Waals surface area contributed by atoms with Crippen LogP contribution >= 0.6 is 0 Å². The van der Waals surface area contributed by atoms with E-state index in [-0.39, 0.29) is 5.91 Å². The molecule has 2 heterocycles. The minimum atomic E-state index is -0.172. The molecule has 1 aromatic carbocycles. The van der Waals surface area contributed by atoms with Crippen molar-refractivity contribution in [1.29, 1.82) is 0 Å². The topological polar surface area (TPSA) is 59.3 Å². The first-order valence-corrected chi connectivity index (χ1v) is 6.86. The number of nitrogens with zero attached hydrogens (tertiary/aromatic N) is 3. The van der Waals surface area contributed by atoms with Gasteiger partial charge in [-0.15, -0.1) is 0 Å². The summed E-state index contributed by atoms with van der Waals surface area (Å²) in [7, 11) is 0. The maximum absolute atomic E-state index is 12.1. The van der Waals surface area contributed by atoms with Gasteiger partial charge in [-0.05, 0) is 24.5 Å². The van der Waals surface area contributed by atoms with Crippen molar-refractivity contribution in [3.05, 3.63) is 65.6 Å². The van der Waals surface area contributed by atoms with E-state index in [0.29, 0.717) is 17.9 Å². The van der Waals surface area contributed by atoms with Gasteiger partial charge in [-0.1, -0.05) is 30.3 Å². The smallest absolute Gasteiger partial charge is 0.271 e. The van der Waals surface area contributed by atoms with Crippen LogP contribution in [0.25, 0.3) is 5.65 Å². The third-order valence-electron chi connectivity index (χ3n) is 3.22. The Bertz CT molecular complexity index is 764. The fraction of sp³-hybridized carbons (Fsp3) is 0.188. The Morgan fingerprint density at radius 2 is 2.10 bits per heavy atom. The van der Waals surface area contributed by atoms with Gasteiger partial charge in [0.1, 0.15) is 0 Å². The van der Waals surface area contributed by atoms with Crippen LogP contribution in [0.4, 0.5) is 0 Å². The van der Waals surface area contributed by atoms with Crippen molar-refractivity contribution in [3.8, 4) is 0 Å². The fourth-order valence-electron chi connectivity index (χ4n) is 2.14. The molecule has 0 aliphatic carbocycles. The average Bonchev–Trinajstić information content (AvgIpc) is 2.91. The van der Waals surface area contributed by atoms with Gasteiger partial charge < -0.3 is 5.32 Å². The van der Waals surface area contributed by atoms with Crippen LogP contribution in [0, 0.1) is 6.92 Å². The van der Waals surface area contributed by atoms with Crippen LogP contribution in [0.1, 0.15) is 21.6 Å². The molecule has 106 valence electrons. The third-order valence-corrected chi connectivity index (χ3v) is 3.22. The van der Waals surface area contributed by atoms with Crippen molar-refractivity contribution in [2.24, 2.45) is 0 Å². The Kier molecular flexibility index (Phi) is 3.64. The van der Waals surface area contributed by atoms with Gasteiger partial charge in [0, 0.05) is 25.0 Å². The number of rotatable bonds is 4. The second kappa shape index (κ2) is 5.75. The highest BCUT2D eigenvalue weighted by molar-refractivity contribution is 5.93. The first-order valence-electron chi connectivity index (χ1n) is 6.86. The molecule has 1 N–H and O–H groups in total. The van der Waals surface area contributed by atoms with Crippen molar-refractivity contribution in [2.45, 2.75) is 13.3 Å². The summed E-state index contributed by atoms with van der Waals surface area (Å²) in [6.45, 7) is 2.52. The van der Waals surface area contributed by atoms with Crippen LogP contribution in [0.5, 0.6) is 0 Å². The third kappa shape index (κ3) is 3.08. The van der Waals surface area contributed by atoms with Crippen LogP contribution < -0.4 is 5.32 Å². The molecule has 0 bridgehead atoms. The SMILES string of the molecule is Cc1cnc2cc(C(=O)NCCc3ccccc3)nn2c1. The monoisotopic (exact) mass is 280 g/mol. The van der Waals surface area contributed by atoms with Gasteiger partial charge in [0.25, 0.3) is 5.91 Å². The Labute approximate surface area is 122 Å². The molecule has 0 aliphatic heterocycles. The first kappa shape index (κ1) is 13.3. The van der Waals surface area contributed by atoms with E-state index in [1.54, 1.807) is 16.8 Å². The van der Waals surface area contributed by atoms with E-state index in [4.69, 9.17) is 0 Å². The van der Waals surface area contributed by atoms with Crippen LogP contribution in [0.2, 0.25) is 0 Å². The van der Waals surface area contributed by atoms with Gasteiger partial charge >= 0.3 is 0 Å². The van der Waals surface area contributed by atoms with Gasteiger partial charge in [0.15, 0.2) is 11.3 Å². The Hall–Kier alpha value is -2.69. The molecule has 1 amide bonds. The molecule has 0 saturated carbocycles. The van der Waals surface area contributed by atoms with E-state index >= 15 is 0 Å². The average molecular weight is 280 g/mol. The summed E-state index contributed by atoms with van der Waals surface area (Å²) in [6.07, 6.45) is 4.41. The summed E-state index contributed by atoms with van der Waals surface area (Å²) in [5.41, 5.74) is 3.27. The molecule has 5 nitrogen and oxygen atoms in total. The number of carbonyl (C=O) groups excluding carboxylic acids is 1. The summed E-state index contributed by atoms with van der Waals surface area (Å²) >= 11 is 0. The molecule has 3 rings (SSSR count). The molecule has 0 fully saturated rings. The van der Waals surface area contributed by atoms with E-state index in [0.717, 1.165) is 12.0 Å². The first-order chi connectivity index (χ1) is 10.2. The molecule has 0 aliphatic rings. The van der Waals surface area contributed by atoms with E-state index in [1.165, 1.54) is 5.56 Å². The highest BCUT2D eigenvalue weighted by Gasteiger charge is 2.10. The molecular weight excluding hydrogens is 264 g/mol. The number of nitrogens with one attached hydrogen (secondary N) is 1. The fourth-order valence-corrected chi connectivity index (χ4v) is 2.14. The minimum Gasteiger partial charge on any atom is -0.350 e. The molecule has 0 unspecified atom stereocenters. The zero-order valence-electron chi connectivity index (χ0n) is 11.8. The number of aromatic nitrogens is 3. The van der Waals surface area contributed by atoms with Crippen molar-refractivity contribution in [1.82, 2.24) is 19.9 Å². The normalized spacial score (nSPS) is 10.7. The van der Waals surface area contributed by atoms with E-state index in [2.05, 4.69) is 15.4 Å². The zero-order valence-corrected chi connectivity index (χ0v) is 11.8. The van der Waals surface area contributed by atoms with Gasteiger partial charge in [-0.3, -0.25) is 4.79 Å². The number of aryl methyl sites for hydroxylation is 1. The number of hydrogen-bond donors (Lipinski definition) is 1. The predicted molar refractivity (Wildman–Crippen MR) is 80.2 cm³/mol. The minimum absolute atomic E-state index is 0.172. The van der Waals surface area contributed by atoms with Crippen LogP contribution in [-0.2, 0) is 6.42 Å². The lowest BCUT2D eigenvalue weighted by atomic mass is 10.1. The summed E-state index contributed by atoms with van der Waals surface area (Å²) in [5, 5.41) is 7.12. The zero-order chi connectivity index (χ0) is 14.7. The second-order valence-corrected chi connectivity index (χ2v) is 4.96. The predicted octanol–water partition coefficient (Wildman–Crippen LogP) is 2.01. The molecule has 21 heavy (non-hydrogen) atoms. The van der Waals surface area contributed by atoms with Crippen LogP contribution in [0.15, 0.2) is 48.8 Å². The quantitative estimate of drug-likeness (QED) is 0.795. The maximum atomic E-state index is 12.1. The molecule has 2 aromatic heterocycles. The lowest BCUT2D eigenvalue weighted by Gasteiger charge is -2.03. The highest BCUT2D eigenvalue weighted by atomic mass is 16.1. The lowest BCUT2D eigenvalue weighted by molar-refractivity contribution is 0.0949. The van der Waals surface area contributed by atoms with Gasteiger partial charge in [0.2, 0.25) is 0 Å². The summed E-state index contributed by atoms with van der Waals surface area (Å²) in [4.78, 5) is 16.3. The highest BCUT2D eigenvalue weighted by Crippen LogP contribution is 2.05. The van der Waals surface area contributed by atoms with Crippen molar-refractivity contribution in [3.63, 3.8) is 0 Å². The molecule has 0 saturated heterocycles. The van der Waals surface area contributed by atoms with E-state index in [1.807, 2.05) is 43.5 Å². The number of carbonyl (C=O) groups is 1. The van der Waals surface area contributed by atoms with Gasteiger partial charge in [-0.25, -0.2) is 9.50 Å². The van der Waals surface area contributed by atoms with Crippen LogP contribution in [0.3, 0.4) is 0 Å². The lowest BCUT2D eigenvalue weighted by Crippen LogP contribution is -2.26. The second-order valence-electron chi connectivity index (χ2n) is 4.96. The largest absolute Gasteiger partial charge is 0.350 e. The summed E-state index contributed by atoms with van der Waals surface area (Å²) in [5.74, 6) is -0.172.